The molecule has 0 aliphatic heterocycles. The lowest BCUT2D eigenvalue weighted by atomic mass is 10.2. The predicted octanol–water partition coefficient (Wildman–Crippen LogP) is 3.53. The summed E-state index contributed by atoms with van der Waals surface area (Å²) >= 11 is 1.41. The fourth-order valence-electron chi connectivity index (χ4n) is 2.13. The summed E-state index contributed by atoms with van der Waals surface area (Å²) in [4.78, 5) is 14.8. The summed E-state index contributed by atoms with van der Waals surface area (Å²) in [5.74, 6) is 0.735. The van der Waals surface area contributed by atoms with Gasteiger partial charge in [-0.25, -0.2) is 0 Å². The van der Waals surface area contributed by atoms with E-state index in [0.29, 0.717) is 17.1 Å². The SMILES string of the molecule is C=CCCCN(C)C(=O)c1sc2cc(OC)ccc2c1N. The van der Waals surface area contributed by atoms with Crippen LogP contribution in [0.1, 0.15) is 22.5 Å². The molecule has 2 N–H and O–H groups in total. The van der Waals surface area contributed by atoms with Crippen molar-refractivity contribution in [3.05, 3.63) is 35.7 Å². The number of methoxy groups -OCH3 is 1. The van der Waals surface area contributed by atoms with E-state index in [1.807, 2.05) is 24.3 Å². The van der Waals surface area contributed by atoms with Gasteiger partial charge in [0.25, 0.3) is 5.91 Å². The van der Waals surface area contributed by atoms with Crippen molar-refractivity contribution in [2.45, 2.75) is 12.8 Å². The number of carbonyl (C=O) groups excluding carboxylic acids is 1. The van der Waals surface area contributed by atoms with Crippen LogP contribution in [0.15, 0.2) is 30.9 Å². The van der Waals surface area contributed by atoms with Gasteiger partial charge in [0.1, 0.15) is 10.6 Å². The first-order valence-corrected chi connectivity index (χ1v) is 7.62. The Morgan fingerprint density at radius 3 is 2.95 bits per heavy atom. The quantitative estimate of drug-likeness (QED) is 0.656. The molecule has 4 nitrogen and oxygen atoms in total. The van der Waals surface area contributed by atoms with Gasteiger partial charge in [-0.2, -0.15) is 0 Å². The molecule has 0 radical (unpaired) electrons. The summed E-state index contributed by atoms with van der Waals surface area (Å²) in [7, 11) is 3.42. The second-order valence-electron chi connectivity index (χ2n) is 4.86. The maximum absolute atomic E-state index is 12.5. The molecule has 0 saturated carbocycles. The van der Waals surface area contributed by atoms with E-state index in [-0.39, 0.29) is 5.91 Å². The van der Waals surface area contributed by atoms with Gasteiger partial charge < -0.3 is 15.4 Å². The van der Waals surface area contributed by atoms with E-state index in [1.165, 1.54) is 11.3 Å². The zero-order valence-electron chi connectivity index (χ0n) is 12.4. The van der Waals surface area contributed by atoms with Gasteiger partial charge in [0.05, 0.1) is 12.8 Å². The minimum Gasteiger partial charge on any atom is -0.497 e. The number of benzene rings is 1. The number of unbranched alkanes of at least 4 members (excludes halogenated alkanes) is 1. The molecule has 2 aromatic rings. The Kier molecular flexibility index (Phi) is 4.85. The second-order valence-corrected chi connectivity index (χ2v) is 5.92. The standard InChI is InChI=1S/C16H20N2O2S/c1-4-5-6-9-18(2)16(19)15-14(17)12-8-7-11(20-3)10-13(12)21-15/h4,7-8,10H,1,5-6,9,17H2,2-3H3. The van der Waals surface area contributed by atoms with Gasteiger partial charge in [-0.05, 0) is 31.0 Å². The number of hydrogen-bond acceptors (Lipinski definition) is 4. The summed E-state index contributed by atoms with van der Waals surface area (Å²) in [5.41, 5.74) is 6.68. The van der Waals surface area contributed by atoms with E-state index in [9.17, 15) is 4.79 Å². The fourth-order valence-corrected chi connectivity index (χ4v) is 3.28. The highest BCUT2D eigenvalue weighted by Gasteiger charge is 2.19. The van der Waals surface area contributed by atoms with Gasteiger partial charge in [0.2, 0.25) is 0 Å². The number of allylic oxidation sites excluding steroid dienone is 1. The van der Waals surface area contributed by atoms with Gasteiger partial charge in [-0.3, -0.25) is 4.79 Å². The third-order valence-corrected chi connectivity index (χ3v) is 4.53. The van der Waals surface area contributed by atoms with Crippen LogP contribution in [0, 0.1) is 0 Å². The Labute approximate surface area is 128 Å². The molecule has 0 aliphatic carbocycles. The summed E-state index contributed by atoms with van der Waals surface area (Å²) < 4.78 is 6.17. The summed E-state index contributed by atoms with van der Waals surface area (Å²) in [6, 6.07) is 5.66. The number of carbonyl (C=O) groups is 1. The van der Waals surface area contributed by atoms with E-state index < -0.39 is 0 Å². The van der Waals surface area contributed by atoms with E-state index in [0.717, 1.165) is 28.7 Å². The largest absolute Gasteiger partial charge is 0.497 e. The Balaban J connectivity index is 2.26. The van der Waals surface area contributed by atoms with E-state index in [4.69, 9.17) is 10.5 Å². The molecule has 1 amide bonds. The molecule has 1 aromatic carbocycles. The van der Waals surface area contributed by atoms with Gasteiger partial charge in [0.15, 0.2) is 0 Å². The molecule has 2 rings (SSSR count). The monoisotopic (exact) mass is 304 g/mol. The minimum absolute atomic E-state index is 0.0308. The van der Waals surface area contributed by atoms with Crippen molar-refractivity contribution in [2.24, 2.45) is 0 Å². The van der Waals surface area contributed by atoms with E-state index in [1.54, 1.807) is 19.1 Å². The van der Waals surface area contributed by atoms with Crippen molar-refractivity contribution < 1.29 is 9.53 Å². The minimum atomic E-state index is -0.0308. The van der Waals surface area contributed by atoms with Crippen molar-refractivity contribution in [2.75, 3.05) is 26.4 Å². The maximum atomic E-state index is 12.5. The molecule has 0 saturated heterocycles. The zero-order chi connectivity index (χ0) is 15.4. The van der Waals surface area contributed by atoms with E-state index >= 15 is 0 Å². The normalized spacial score (nSPS) is 10.6. The average molecular weight is 304 g/mol. The molecule has 0 bridgehead atoms. The van der Waals surface area contributed by atoms with Crippen molar-refractivity contribution in [1.29, 1.82) is 0 Å². The van der Waals surface area contributed by atoms with Crippen LogP contribution in [0.5, 0.6) is 5.75 Å². The van der Waals surface area contributed by atoms with Crippen LogP contribution in [0.2, 0.25) is 0 Å². The average Bonchev–Trinajstić information content (AvgIpc) is 2.83. The van der Waals surface area contributed by atoms with Crippen molar-refractivity contribution in [3.63, 3.8) is 0 Å². The van der Waals surface area contributed by atoms with Crippen molar-refractivity contribution in [1.82, 2.24) is 4.90 Å². The molecule has 1 heterocycles. The van der Waals surface area contributed by atoms with Crippen molar-refractivity contribution >= 4 is 33.0 Å². The third-order valence-electron chi connectivity index (χ3n) is 3.38. The molecule has 0 unspecified atom stereocenters. The molecule has 5 heteroatoms. The number of hydrogen-bond donors (Lipinski definition) is 1. The van der Waals surface area contributed by atoms with Crippen LogP contribution in [-0.2, 0) is 0 Å². The molecule has 0 spiro atoms. The van der Waals surface area contributed by atoms with Crippen LogP contribution in [-0.4, -0.2) is 31.5 Å². The Morgan fingerprint density at radius 1 is 1.52 bits per heavy atom. The number of fused-ring (bicyclic) bond motifs is 1. The highest BCUT2D eigenvalue weighted by Crippen LogP contribution is 2.36. The number of thiophene rings is 1. The smallest absolute Gasteiger partial charge is 0.265 e. The third kappa shape index (κ3) is 3.19. The lowest BCUT2D eigenvalue weighted by molar-refractivity contribution is 0.0799. The van der Waals surface area contributed by atoms with Gasteiger partial charge in [-0.15, -0.1) is 17.9 Å². The van der Waals surface area contributed by atoms with Gasteiger partial charge >= 0.3 is 0 Å². The van der Waals surface area contributed by atoms with Crippen LogP contribution in [0.25, 0.3) is 10.1 Å². The van der Waals surface area contributed by atoms with Crippen molar-refractivity contribution in [3.8, 4) is 5.75 Å². The van der Waals surface area contributed by atoms with Crippen LogP contribution in [0.4, 0.5) is 5.69 Å². The topological polar surface area (TPSA) is 55.6 Å². The summed E-state index contributed by atoms with van der Waals surface area (Å²) in [5, 5.41) is 0.906. The number of amides is 1. The Hall–Kier alpha value is -2.01. The fraction of sp³-hybridized carbons (Fsp3) is 0.312. The van der Waals surface area contributed by atoms with E-state index in [2.05, 4.69) is 6.58 Å². The first kappa shape index (κ1) is 15.4. The van der Waals surface area contributed by atoms with Gasteiger partial charge in [0, 0.05) is 23.7 Å². The Bertz CT molecular complexity index is 664. The number of nitrogen functional groups attached to an aromatic ring is 1. The maximum Gasteiger partial charge on any atom is 0.265 e. The number of nitrogens with two attached hydrogens (primary N) is 1. The molecule has 112 valence electrons. The lowest BCUT2D eigenvalue weighted by Gasteiger charge is -2.16. The summed E-state index contributed by atoms with van der Waals surface area (Å²) in [6.07, 6.45) is 3.67. The van der Waals surface area contributed by atoms with Crippen LogP contribution >= 0.6 is 11.3 Å². The number of nitrogens with zero attached hydrogens (tertiary/aromatic N) is 1. The molecule has 0 atom stereocenters. The molecular weight excluding hydrogens is 284 g/mol. The van der Waals surface area contributed by atoms with Gasteiger partial charge in [-0.1, -0.05) is 6.08 Å². The highest BCUT2D eigenvalue weighted by molar-refractivity contribution is 7.21. The molecular formula is C16H20N2O2S. The lowest BCUT2D eigenvalue weighted by Crippen LogP contribution is -2.27. The first-order valence-electron chi connectivity index (χ1n) is 6.80. The molecule has 0 fully saturated rings. The van der Waals surface area contributed by atoms with Crippen LogP contribution < -0.4 is 10.5 Å². The van der Waals surface area contributed by atoms with Crippen LogP contribution in [0.3, 0.4) is 0 Å². The molecule has 1 aromatic heterocycles. The highest BCUT2D eigenvalue weighted by atomic mass is 32.1. The predicted molar refractivity (Wildman–Crippen MR) is 89.2 cm³/mol. The first-order chi connectivity index (χ1) is 10.1. The second kappa shape index (κ2) is 6.63. The molecule has 0 aliphatic rings. The number of anilines is 1. The Morgan fingerprint density at radius 2 is 2.29 bits per heavy atom. The zero-order valence-corrected chi connectivity index (χ0v) is 13.2. The number of rotatable bonds is 6. The number of ether oxygens (including phenoxy) is 1. The molecule has 21 heavy (non-hydrogen) atoms. The summed E-state index contributed by atoms with van der Waals surface area (Å²) in [6.45, 7) is 4.38.